The van der Waals surface area contributed by atoms with Gasteiger partial charge in [0.25, 0.3) is 0 Å². The monoisotopic (exact) mass is 278 g/mol. The highest BCUT2D eigenvalue weighted by atomic mass is 19.1. The number of anilines is 1. The predicted octanol–water partition coefficient (Wildman–Crippen LogP) is 4.25. The lowest BCUT2D eigenvalue weighted by atomic mass is 9.96. The highest BCUT2D eigenvalue weighted by molar-refractivity contribution is 5.56. The molecule has 2 atom stereocenters. The molecule has 2 nitrogen and oxygen atoms in total. The highest BCUT2D eigenvalue weighted by Crippen LogP contribution is 2.32. The molecule has 1 saturated heterocycles. The molecule has 112 valence electrons. The first kappa shape index (κ1) is 15.3. The van der Waals surface area contributed by atoms with Crippen molar-refractivity contribution >= 4 is 5.69 Å². The van der Waals surface area contributed by atoms with Crippen molar-refractivity contribution < 1.29 is 4.39 Å². The predicted molar refractivity (Wildman–Crippen MR) is 83.5 cm³/mol. The fourth-order valence-corrected chi connectivity index (χ4v) is 3.32. The Labute approximate surface area is 122 Å². The van der Waals surface area contributed by atoms with Gasteiger partial charge >= 0.3 is 0 Å². The van der Waals surface area contributed by atoms with E-state index in [0.29, 0.717) is 0 Å². The fraction of sp³-hybridized carbons (Fsp3) is 0.647. The second-order valence-corrected chi connectivity index (χ2v) is 6.04. The Bertz CT molecular complexity index is 431. The molecule has 1 aliphatic heterocycles. The van der Waals surface area contributed by atoms with Gasteiger partial charge in [-0.25, -0.2) is 4.39 Å². The summed E-state index contributed by atoms with van der Waals surface area (Å²) < 4.78 is 14.3. The summed E-state index contributed by atoms with van der Waals surface area (Å²) in [5, 5.41) is 0. The molecule has 3 heteroatoms. The zero-order valence-corrected chi connectivity index (χ0v) is 12.7. The molecule has 0 radical (unpaired) electrons. The number of hydrogen-bond acceptors (Lipinski definition) is 2. The van der Waals surface area contributed by atoms with Crippen molar-refractivity contribution in [3.05, 3.63) is 29.6 Å². The van der Waals surface area contributed by atoms with Gasteiger partial charge in [-0.05, 0) is 43.7 Å². The maximum atomic E-state index is 14.3. The molecule has 1 fully saturated rings. The molecule has 1 aromatic rings. The molecular formula is C17H27FN2. The summed E-state index contributed by atoms with van der Waals surface area (Å²) in [7, 11) is 0. The lowest BCUT2D eigenvalue weighted by Crippen LogP contribution is -2.27. The Morgan fingerprint density at radius 3 is 2.85 bits per heavy atom. The number of nitrogens with two attached hydrogens (primary N) is 1. The fourth-order valence-electron chi connectivity index (χ4n) is 3.32. The molecular weight excluding hydrogens is 251 g/mol. The molecule has 20 heavy (non-hydrogen) atoms. The largest absolute Gasteiger partial charge is 0.369 e. The summed E-state index contributed by atoms with van der Waals surface area (Å²) in [4.78, 5) is 2.21. The second kappa shape index (κ2) is 7.07. The molecule has 0 spiro atoms. The maximum Gasteiger partial charge on any atom is 0.146 e. The van der Waals surface area contributed by atoms with Gasteiger partial charge in [0.15, 0.2) is 0 Å². The van der Waals surface area contributed by atoms with Crippen LogP contribution in [0.1, 0.15) is 57.6 Å². The average Bonchev–Trinajstić information content (AvgIpc) is 2.64. The lowest BCUT2D eigenvalue weighted by Gasteiger charge is -2.27. The molecule has 0 amide bonds. The average molecular weight is 278 g/mol. The van der Waals surface area contributed by atoms with Gasteiger partial charge in [0.2, 0.25) is 0 Å². The Kier molecular flexibility index (Phi) is 5.41. The molecule has 1 aromatic carbocycles. The van der Waals surface area contributed by atoms with Gasteiger partial charge in [0.1, 0.15) is 5.82 Å². The van der Waals surface area contributed by atoms with Crippen LogP contribution in [0.4, 0.5) is 10.1 Å². The SMILES string of the molecule is CCCC1CCCN(c2c(F)cccc2[C@@H](C)N)CC1. The number of nitrogens with zero attached hydrogens (tertiary/aromatic N) is 1. The van der Waals surface area contributed by atoms with E-state index in [1.54, 1.807) is 12.1 Å². The minimum atomic E-state index is -0.131. The standard InChI is InChI=1S/C17H27FN2/c1-3-6-14-7-5-11-20(12-10-14)17-15(13(2)19)8-4-9-16(17)18/h4,8-9,13-14H,3,5-7,10-12,19H2,1-2H3/t13-,14?/m1/s1. The van der Waals surface area contributed by atoms with Crippen LogP contribution in [0, 0.1) is 11.7 Å². The Morgan fingerprint density at radius 2 is 2.15 bits per heavy atom. The van der Waals surface area contributed by atoms with E-state index in [1.165, 1.54) is 25.7 Å². The highest BCUT2D eigenvalue weighted by Gasteiger charge is 2.22. The van der Waals surface area contributed by atoms with Gasteiger partial charge in [-0.1, -0.05) is 31.9 Å². The molecule has 2 rings (SSSR count). The van der Waals surface area contributed by atoms with E-state index >= 15 is 0 Å². The van der Waals surface area contributed by atoms with Crippen LogP contribution >= 0.6 is 0 Å². The van der Waals surface area contributed by atoms with E-state index in [1.807, 2.05) is 13.0 Å². The molecule has 1 heterocycles. The van der Waals surface area contributed by atoms with Crippen molar-refractivity contribution in [2.45, 2.75) is 52.0 Å². The first-order valence-electron chi connectivity index (χ1n) is 7.92. The van der Waals surface area contributed by atoms with E-state index in [4.69, 9.17) is 5.73 Å². The van der Waals surface area contributed by atoms with Crippen LogP contribution in [0.15, 0.2) is 18.2 Å². The summed E-state index contributed by atoms with van der Waals surface area (Å²) in [6.45, 7) is 6.07. The van der Waals surface area contributed by atoms with Crippen LogP contribution in [0.5, 0.6) is 0 Å². The van der Waals surface area contributed by atoms with Crippen LogP contribution in [0.25, 0.3) is 0 Å². The first-order valence-corrected chi connectivity index (χ1v) is 7.92. The van der Waals surface area contributed by atoms with Crippen molar-refractivity contribution in [3.63, 3.8) is 0 Å². The molecule has 1 aliphatic rings. The molecule has 1 unspecified atom stereocenters. The van der Waals surface area contributed by atoms with E-state index in [2.05, 4.69) is 11.8 Å². The summed E-state index contributed by atoms with van der Waals surface area (Å²) >= 11 is 0. The van der Waals surface area contributed by atoms with Crippen molar-refractivity contribution in [2.24, 2.45) is 11.7 Å². The van der Waals surface area contributed by atoms with Crippen LogP contribution in [0.2, 0.25) is 0 Å². The van der Waals surface area contributed by atoms with Crippen LogP contribution in [0.3, 0.4) is 0 Å². The lowest BCUT2D eigenvalue weighted by molar-refractivity contribution is 0.435. The van der Waals surface area contributed by atoms with Gasteiger partial charge in [0, 0.05) is 19.1 Å². The Balaban J connectivity index is 2.19. The normalized spacial score (nSPS) is 21.6. The van der Waals surface area contributed by atoms with Crippen molar-refractivity contribution in [2.75, 3.05) is 18.0 Å². The van der Waals surface area contributed by atoms with Gasteiger partial charge < -0.3 is 10.6 Å². The zero-order chi connectivity index (χ0) is 14.5. The van der Waals surface area contributed by atoms with Crippen LogP contribution in [-0.4, -0.2) is 13.1 Å². The molecule has 0 bridgehead atoms. The van der Waals surface area contributed by atoms with Gasteiger partial charge in [-0.2, -0.15) is 0 Å². The van der Waals surface area contributed by atoms with Crippen LogP contribution in [-0.2, 0) is 0 Å². The summed E-state index contributed by atoms with van der Waals surface area (Å²) in [6.07, 6.45) is 6.13. The number of rotatable bonds is 4. The Hall–Kier alpha value is -1.09. The molecule has 2 N–H and O–H groups in total. The number of para-hydroxylation sites is 1. The third-order valence-electron chi connectivity index (χ3n) is 4.37. The van der Waals surface area contributed by atoms with Crippen molar-refractivity contribution in [1.29, 1.82) is 0 Å². The topological polar surface area (TPSA) is 29.3 Å². The first-order chi connectivity index (χ1) is 9.63. The van der Waals surface area contributed by atoms with Gasteiger partial charge in [0.05, 0.1) is 5.69 Å². The summed E-state index contributed by atoms with van der Waals surface area (Å²) in [5.41, 5.74) is 7.68. The second-order valence-electron chi connectivity index (χ2n) is 6.04. The third-order valence-corrected chi connectivity index (χ3v) is 4.37. The smallest absolute Gasteiger partial charge is 0.146 e. The Morgan fingerprint density at radius 1 is 1.35 bits per heavy atom. The number of halogens is 1. The zero-order valence-electron chi connectivity index (χ0n) is 12.7. The van der Waals surface area contributed by atoms with Gasteiger partial charge in [-0.3, -0.25) is 0 Å². The minimum Gasteiger partial charge on any atom is -0.369 e. The van der Waals surface area contributed by atoms with E-state index in [-0.39, 0.29) is 11.9 Å². The molecule has 0 aromatic heterocycles. The number of hydrogen-bond donors (Lipinski definition) is 1. The summed E-state index contributed by atoms with van der Waals surface area (Å²) in [5.74, 6) is 0.671. The molecule has 0 aliphatic carbocycles. The van der Waals surface area contributed by atoms with Crippen molar-refractivity contribution in [1.82, 2.24) is 0 Å². The van der Waals surface area contributed by atoms with E-state index in [0.717, 1.165) is 36.7 Å². The third kappa shape index (κ3) is 3.51. The van der Waals surface area contributed by atoms with E-state index < -0.39 is 0 Å². The maximum absolute atomic E-state index is 14.3. The van der Waals surface area contributed by atoms with Gasteiger partial charge in [-0.15, -0.1) is 0 Å². The quantitative estimate of drug-likeness (QED) is 0.892. The molecule has 0 saturated carbocycles. The minimum absolute atomic E-state index is 0.129. The van der Waals surface area contributed by atoms with Crippen LogP contribution < -0.4 is 10.6 Å². The van der Waals surface area contributed by atoms with E-state index in [9.17, 15) is 4.39 Å². The summed E-state index contributed by atoms with van der Waals surface area (Å²) in [6, 6.07) is 5.14. The van der Waals surface area contributed by atoms with Crippen molar-refractivity contribution in [3.8, 4) is 0 Å². The number of benzene rings is 1.